The van der Waals surface area contributed by atoms with E-state index in [1.807, 2.05) is 41.0 Å². The molecular weight excluding hydrogens is 876 g/mol. The lowest BCUT2D eigenvalue weighted by molar-refractivity contribution is -0.143. The van der Waals surface area contributed by atoms with E-state index in [0.717, 1.165) is 22.9 Å². The summed E-state index contributed by atoms with van der Waals surface area (Å²) in [5.41, 5.74) is 1.47. The summed E-state index contributed by atoms with van der Waals surface area (Å²) in [5, 5.41) is 12.7. The zero-order valence-electron chi connectivity index (χ0n) is 34.7. The Morgan fingerprint density at radius 3 is 1.52 bits per heavy atom. The summed E-state index contributed by atoms with van der Waals surface area (Å²) in [6.45, 7) is 10.5. The molecule has 328 valence electrons. The first kappa shape index (κ1) is 42.6. The van der Waals surface area contributed by atoms with Crippen LogP contribution in [0.15, 0.2) is 158 Å². The van der Waals surface area contributed by atoms with E-state index in [-0.39, 0.29) is 22.9 Å². The average Bonchev–Trinajstić information content (AvgIpc) is 3.81. The summed E-state index contributed by atoms with van der Waals surface area (Å²) in [6.07, 6.45) is -14.8. The Morgan fingerprint density at radius 2 is 0.970 bits per heavy atom. The quantitative estimate of drug-likeness (QED) is 0.125. The van der Waals surface area contributed by atoms with Gasteiger partial charge in [-0.3, -0.25) is 0 Å². The Labute approximate surface area is 375 Å². The van der Waals surface area contributed by atoms with Gasteiger partial charge in [0.25, 0.3) is 0 Å². The van der Waals surface area contributed by atoms with Gasteiger partial charge < -0.3 is 9.13 Å². The van der Waals surface area contributed by atoms with Gasteiger partial charge in [0, 0.05) is 21.5 Å². The molecule has 4 nitrogen and oxygen atoms in total. The number of rotatable bonds is 5. The third-order valence-corrected chi connectivity index (χ3v) is 12.0. The molecule has 10 aromatic rings. The van der Waals surface area contributed by atoms with Crippen LogP contribution in [-0.2, 0) is 18.5 Å². The number of aryl methyl sites for hydroxylation is 1. The van der Waals surface area contributed by atoms with Crippen molar-refractivity contribution in [1.82, 2.24) is 9.13 Å². The predicted octanol–water partition coefficient (Wildman–Crippen LogP) is 16.7. The molecule has 0 saturated heterocycles. The first-order valence-corrected chi connectivity index (χ1v) is 20.5. The molecule has 13 heteroatoms. The van der Waals surface area contributed by atoms with Crippen molar-refractivity contribution in [2.75, 3.05) is 0 Å². The van der Waals surface area contributed by atoms with Crippen LogP contribution in [0.3, 0.4) is 0 Å². The van der Waals surface area contributed by atoms with Gasteiger partial charge in [-0.25, -0.2) is 4.85 Å². The zero-order chi connectivity index (χ0) is 47.2. The van der Waals surface area contributed by atoms with Gasteiger partial charge in [0.1, 0.15) is 0 Å². The minimum absolute atomic E-state index is 0.0578. The number of hydrogen-bond donors (Lipinski definition) is 0. The van der Waals surface area contributed by atoms with Crippen LogP contribution in [-0.4, -0.2) is 9.13 Å². The molecule has 8 aromatic carbocycles. The van der Waals surface area contributed by atoms with Crippen molar-refractivity contribution in [3.8, 4) is 50.8 Å². The largest absolute Gasteiger partial charge is 0.416 e. The van der Waals surface area contributed by atoms with E-state index in [1.165, 1.54) is 12.1 Å². The highest BCUT2D eigenvalue weighted by Gasteiger charge is 2.37. The number of nitriles is 1. The van der Waals surface area contributed by atoms with Crippen LogP contribution < -0.4 is 0 Å². The molecule has 0 spiro atoms. The lowest BCUT2D eigenvalue weighted by atomic mass is 9.97. The number of benzene rings is 8. The molecule has 0 aliphatic carbocycles. The van der Waals surface area contributed by atoms with Crippen LogP contribution in [0.2, 0.25) is 0 Å². The first-order valence-electron chi connectivity index (χ1n) is 20.5. The molecule has 67 heavy (non-hydrogen) atoms. The van der Waals surface area contributed by atoms with Crippen molar-refractivity contribution in [3.05, 3.63) is 197 Å². The van der Waals surface area contributed by atoms with Gasteiger partial charge in [-0.1, -0.05) is 84.9 Å². The van der Waals surface area contributed by atoms with Crippen molar-refractivity contribution in [2.45, 2.75) is 25.5 Å². The van der Waals surface area contributed by atoms with Crippen molar-refractivity contribution in [3.63, 3.8) is 0 Å². The molecule has 0 atom stereocenters. The van der Waals surface area contributed by atoms with Crippen molar-refractivity contribution in [2.24, 2.45) is 0 Å². The zero-order valence-corrected chi connectivity index (χ0v) is 34.7. The number of halogens is 9. The fourth-order valence-electron chi connectivity index (χ4n) is 9.11. The second-order valence-electron chi connectivity index (χ2n) is 16.2. The number of alkyl halides is 9. The summed E-state index contributed by atoms with van der Waals surface area (Å²) in [5.74, 6) is 0. The molecule has 0 saturated carbocycles. The molecule has 0 fully saturated rings. The fourth-order valence-corrected chi connectivity index (χ4v) is 9.11. The van der Waals surface area contributed by atoms with Crippen LogP contribution in [0, 0.1) is 24.8 Å². The third kappa shape index (κ3) is 7.29. The molecule has 2 heterocycles. The highest BCUT2D eigenvalue weighted by Crippen LogP contribution is 2.48. The molecule has 0 aliphatic rings. The molecule has 2 aromatic heterocycles. The highest BCUT2D eigenvalue weighted by molar-refractivity contribution is 6.13. The van der Waals surface area contributed by atoms with Crippen molar-refractivity contribution in [1.29, 1.82) is 5.26 Å². The molecule has 0 bridgehead atoms. The lowest BCUT2D eigenvalue weighted by Crippen LogP contribution is -2.11. The molecule has 0 aliphatic heterocycles. The van der Waals surface area contributed by atoms with Crippen LogP contribution in [0.25, 0.3) is 93.2 Å². The van der Waals surface area contributed by atoms with Gasteiger partial charge >= 0.3 is 18.5 Å². The Kier molecular flexibility index (Phi) is 9.82. The van der Waals surface area contributed by atoms with E-state index in [9.17, 15) is 44.8 Å². The summed E-state index contributed by atoms with van der Waals surface area (Å²) >= 11 is 0. The minimum Gasteiger partial charge on any atom is -0.319 e. The Hall–Kier alpha value is -8.29. The molecule has 0 radical (unpaired) electrons. The van der Waals surface area contributed by atoms with Crippen molar-refractivity contribution >= 4 is 49.3 Å². The topological polar surface area (TPSA) is 38.0 Å². The monoisotopic (exact) mass is 904 g/mol. The van der Waals surface area contributed by atoms with Crippen LogP contribution >= 0.6 is 0 Å². The Morgan fingerprint density at radius 1 is 0.463 bits per heavy atom. The molecule has 0 unspecified atom stereocenters. The fraction of sp³-hybridized carbons (Fsp3) is 0.0741. The number of para-hydroxylation sites is 2. The van der Waals surface area contributed by atoms with E-state index >= 15 is 0 Å². The van der Waals surface area contributed by atoms with Crippen LogP contribution in [0.5, 0.6) is 0 Å². The summed E-state index contributed by atoms with van der Waals surface area (Å²) in [7, 11) is 0. The molecule has 0 N–H and O–H groups in total. The van der Waals surface area contributed by atoms with Gasteiger partial charge in [-0.05, 0) is 119 Å². The van der Waals surface area contributed by atoms with Crippen LogP contribution in [0.1, 0.15) is 27.8 Å². The number of aromatic nitrogens is 2. The second-order valence-corrected chi connectivity index (χ2v) is 16.2. The van der Waals surface area contributed by atoms with Gasteiger partial charge in [0.05, 0.1) is 68.3 Å². The van der Waals surface area contributed by atoms with Crippen molar-refractivity contribution < 1.29 is 39.5 Å². The summed E-state index contributed by atoms with van der Waals surface area (Å²) in [4.78, 5) is 4.20. The normalized spacial score (nSPS) is 12.3. The second kappa shape index (κ2) is 15.4. The molecular formula is C54H29F9N4. The molecule has 0 amide bonds. The number of fused-ring (bicyclic) bond motifs is 6. The van der Waals surface area contributed by atoms with Gasteiger partial charge in [0.15, 0.2) is 0 Å². The summed E-state index contributed by atoms with van der Waals surface area (Å²) in [6, 6.07) is 42.2. The van der Waals surface area contributed by atoms with E-state index < -0.39 is 35.2 Å². The standard InChI is InChI=1S/C54H29F9N4/c1-30-20-35(23-37(21-30)52(55,56)57)32-14-17-44-42-11-4-6-13-46(42)67(49(44)27-32)51-40(34-9-7-8-31(22-34)29-64)18-19-47(50(51)65-2)66-45-12-5-3-10-41(45)43-16-15-33(26-48(43)66)36-24-38(53(58,59)60)28-39(25-36)54(61,62)63/h3-28H,1H3. The maximum absolute atomic E-state index is 14.1. The van der Waals surface area contributed by atoms with E-state index in [4.69, 9.17) is 6.57 Å². The van der Waals surface area contributed by atoms with E-state index in [2.05, 4.69) is 10.9 Å². The third-order valence-electron chi connectivity index (χ3n) is 12.0. The molecule has 10 rings (SSSR count). The predicted molar refractivity (Wildman–Crippen MR) is 242 cm³/mol. The average molecular weight is 905 g/mol. The van der Waals surface area contributed by atoms with Gasteiger partial charge in [-0.2, -0.15) is 44.8 Å². The highest BCUT2D eigenvalue weighted by atomic mass is 19.4. The van der Waals surface area contributed by atoms with Crippen LogP contribution in [0.4, 0.5) is 45.2 Å². The smallest absolute Gasteiger partial charge is 0.319 e. The maximum atomic E-state index is 14.1. The van der Waals surface area contributed by atoms with Gasteiger partial charge in [-0.15, -0.1) is 0 Å². The number of nitrogens with zero attached hydrogens (tertiary/aromatic N) is 4. The Balaban J connectivity index is 1.31. The van der Waals surface area contributed by atoms with Gasteiger partial charge in [0.2, 0.25) is 5.69 Å². The maximum Gasteiger partial charge on any atom is 0.416 e. The SMILES string of the molecule is [C-]#[N+]c1c(-n2c3ccccc3c3ccc(-c4cc(C(F)(F)F)cc(C(F)(F)F)c4)cc32)ccc(-c2cccc(C#N)c2)c1-n1c2ccccc2c2ccc(-c3cc(C)cc(C(F)(F)F)c3)cc21. The lowest BCUT2D eigenvalue weighted by Gasteiger charge is -2.20. The number of hydrogen-bond acceptors (Lipinski definition) is 1. The van der Waals surface area contributed by atoms with E-state index in [1.54, 1.807) is 90.4 Å². The minimum atomic E-state index is -5.08. The summed E-state index contributed by atoms with van der Waals surface area (Å²) < 4.78 is 131. The van der Waals surface area contributed by atoms with E-state index in [0.29, 0.717) is 89.7 Å². The Bertz CT molecular complexity index is 3730. The first-order chi connectivity index (χ1) is 31.9.